The molecule has 4 nitrogen and oxygen atoms in total. The summed E-state index contributed by atoms with van der Waals surface area (Å²) in [5.74, 6) is 0.660. The van der Waals surface area contributed by atoms with E-state index in [1.54, 1.807) is 6.26 Å². The first kappa shape index (κ1) is 15.2. The van der Waals surface area contributed by atoms with Gasteiger partial charge >= 0.3 is 0 Å². The summed E-state index contributed by atoms with van der Waals surface area (Å²) in [7, 11) is 0. The van der Waals surface area contributed by atoms with Crippen LogP contribution in [0.2, 0.25) is 0 Å². The van der Waals surface area contributed by atoms with E-state index in [1.807, 2.05) is 60.2 Å². The highest BCUT2D eigenvalue weighted by molar-refractivity contribution is 5.92. The third-order valence-corrected chi connectivity index (χ3v) is 3.86. The topological polar surface area (TPSA) is 47.2 Å². The predicted molar refractivity (Wildman–Crippen MR) is 89.2 cm³/mol. The molecule has 4 heteroatoms. The number of aryl methyl sites for hydroxylation is 2. The lowest BCUT2D eigenvalue weighted by molar-refractivity contribution is 0.0926. The molecule has 23 heavy (non-hydrogen) atoms. The lowest BCUT2D eigenvalue weighted by Crippen LogP contribution is -2.28. The molecule has 3 rings (SSSR count). The summed E-state index contributed by atoms with van der Waals surface area (Å²) in [6, 6.07) is 17.5. The molecule has 0 bridgehead atoms. The lowest BCUT2D eigenvalue weighted by atomic mass is 10.1. The van der Waals surface area contributed by atoms with E-state index in [4.69, 9.17) is 4.42 Å². The Morgan fingerprint density at radius 2 is 1.96 bits per heavy atom. The van der Waals surface area contributed by atoms with Gasteiger partial charge in [0.2, 0.25) is 0 Å². The van der Waals surface area contributed by atoms with Crippen LogP contribution in [0, 0.1) is 0 Å². The Balaban J connectivity index is 1.64. The molecule has 1 amide bonds. The maximum Gasteiger partial charge on any atom is 0.268 e. The van der Waals surface area contributed by atoms with Crippen molar-refractivity contribution in [1.29, 1.82) is 0 Å². The van der Waals surface area contributed by atoms with E-state index < -0.39 is 0 Å². The molecule has 1 unspecified atom stereocenters. The summed E-state index contributed by atoms with van der Waals surface area (Å²) in [4.78, 5) is 12.5. The van der Waals surface area contributed by atoms with E-state index in [1.165, 1.54) is 5.56 Å². The molecule has 0 radical (unpaired) electrons. The molecule has 0 saturated heterocycles. The third-order valence-electron chi connectivity index (χ3n) is 3.86. The summed E-state index contributed by atoms with van der Waals surface area (Å²) in [6.07, 6.45) is 4.44. The highest BCUT2D eigenvalue weighted by Crippen LogP contribution is 2.14. The monoisotopic (exact) mass is 308 g/mol. The van der Waals surface area contributed by atoms with Gasteiger partial charge in [0.1, 0.15) is 11.5 Å². The van der Waals surface area contributed by atoms with E-state index in [0.717, 1.165) is 18.7 Å². The second kappa shape index (κ2) is 7.01. The molecule has 1 aromatic carbocycles. The maximum atomic E-state index is 12.5. The van der Waals surface area contributed by atoms with Crippen LogP contribution >= 0.6 is 0 Å². The fraction of sp³-hybridized carbons (Fsp3) is 0.211. The van der Waals surface area contributed by atoms with Gasteiger partial charge in [-0.3, -0.25) is 4.79 Å². The van der Waals surface area contributed by atoms with Crippen LogP contribution in [0.25, 0.3) is 0 Å². The maximum absolute atomic E-state index is 12.5. The predicted octanol–water partition coefficient (Wildman–Crippen LogP) is 3.81. The number of carbonyl (C=O) groups is 1. The van der Waals surface area contributed by atoms with Crippen molar-refractivity contribution in [3.8, 4) is 0 Å². The zero-order chi connectivity index (χ0) is 16.1. The minimum absolute atomic E-state index is 0.0908. The van der Waals surface area contributed by atoms with Gasteiger partial charge in [0, 0.05) is 12.7 Å². The number of benzene rings is 1. The van der Waals surface area contributed by atoms with Crippen LogP contribution in [0.4, 0.5) is 0 Å². The van der Waals surface area contributed by atoms with Gasteiger partial charge in [-0.15, -0.1) is 0 Å². The Kier molecular flexibility index (Phi) is 4.62. The molecule has 0 aliphatic carbocycles. The van der Waals surface area contributed by atoms with Crippen LogP contribution in [0.1, 0.15) is 34.8 Å². The van der Waals surface area contributed by atoms with Crippen molar-refractivity contribution < 1.29 is 9.21 Å². The van der Waals surface area contributed by atoms with Crippen molar-refractivity contribution in [3.05, 3.63) is 84.1 Å². The number of nitrogens with one attached hydrogen (secondary N) is 1. The van der Waals surface area contributed by atoms with Crippen molar-refractivity contribution in [2.45, 2.75) is 25.9 Å². The third kappa shape index (κ3) is 3.72. The van der Waals surface area contributed by atoms with Crippen molar-refractivity contribution in [2.75, 3.05) is 0 Å². The van der Waals surface area contributed by atoms with Gasteiger partial charge in [-0.05, 0) is 43.2 Å². The summed E-state index contributed by atoms with van der Waals surface area (Å²) in [6.45, 7) is 2.68. The zero-order valence-electron chi connectivity index (χ0n) is 13.1. The quantitative estimate of drug-likeness (QED) is 0.752. The molecular weight excluding hydrogens is 288 g/mol. The molecule has 3 aromatic rings. The van der Waals surface area contributed by atoms with Gasteiger partial charge in [0.15, 0.2) is 0 Å². The average molecular weight is 308 g/mol. The minimum Gasteiger partial charge on any atom is -0.467 e. The molecule has 2 heterocycles. The number of rotatable bonds is 6. The van der Waals surface area contributed by atoms with Gasteiger partial charge in [0.05, 0.1) is 12.3 Å². The first-order valence-corrected chi connectivity index (χ1v) is 7.77. The van der Waals surface area contributed by atoms with Crippen molar-refractivity contribution in [2.24, 2.45) is 0 Å². The molecule has 118 valence electrons. The van der Waals surface area contributed by atoms with Crippen LogP contribution in [0.3, 0.4) is 0 Å². The normalized spacial score (nSPS) is 12.0. The zero-order valence-corrected chi connectivity index (χ0v) is 13.1. The van der Waals surface area contributed by atoms with Gasteiger partial charge < -0.3 is 14.3 Å². The molecule has 2 aromatic heterocycles. The largest absolute Gasteiger partial charge is 0.467 e. The van der Waals surface area contributed by atoms with Crippen molar-refractivity contribution in [3.63, 3.8) is 0 Å². The van der Waals surface area contributed by atoms with Crippen LogP contribution in [0.5, 0.6) is 0 Å². The SMILES string of the molecule is CC(NC(=O)c1cccn1CCc1ccccc1)c1ccco1. The first-order valence-electron chi connectivity index (χ1n) is 7.77. The Morgan fingerprint density at radius 1 is 1.13 bits per heavy atom. The Bertz CT molecular complexity index is 745. The molecule has 0 spiro atoms. The smallest absolute Gasteiger partial charge is 0.268 e. The summed E-state index contributed by atoms with van der Waals surface area (Å²) in [5.41, 5.74) is 1.93. The second-order valence-electron chi connectivity index (χ2n) is 5.53. The van der Waals surface area contributed by atoms with E-state index in [0.29, 0.717) is 5.69 Å². The molecule has 0 saturated carbocycles. The Labute approximate surface area is 135 Å². The molecule has 0 aliphatic heterocycles. The molecule has 1 N–H and O–H groups in total. The van der Waals surface area contributed by atoms with E-state index in [-0.39, 0.29) is 11.9 Å². The standard InChI is InChI=1S/C19H20N2O2/c1-15(18-10-6-14-23-18)20-19(22)17-9-5-12-21(17)13-11-16-7-3-2-4-8-16/h2-10,12,14-15H,11,13H2,1H3,(H,20,22). The van der Waals surface area contributed by atoms with Gasteiger partial charge in [-0.25, -0.2) is 0 Å². The summed E-state index contributed by atoms with van der Waals surface area (Å²) < 4.78 is 7.31. The summed E-state index contributed by atoms with van der Waals surface area (Å²) >= 11 is 0. The highest BCUT2D eigenvalue weighted by atomic mass is 16.3. The minimum atomic E-state index is -0.157. The van der Waals surface area contributed by atoms with Gasteiger partial charge in [0.25, 0.3) is 5.91 Å². The average Bonchev–Trinajstić information content (AvgIpc) is 3.25. The number of aromatic nitrogens is 1. The van der Waals surface area contributed by atoms with Crippen LogP contribution in [0.15, 0.2) is 71.5 Å². The lowest BCUT2D eigenvalue weighted by Gasteiger charge is -2.13. The number of amides is 1. The van der Waals surface area contributed by atoms with Crippen molar-refractivity contribution in [1.82, 2.24) is 9.88 Å². The first-order chi connectivity index (χ1) is 11.2. The Hall–Kier alpha value is -2.75. The molecule has 1 atom stereocenters. The molecule has 0 fully saturated rings. The van der Waals surface area contributed by atoms with Crippen LogP contribution in [-0.4, -0.2) is 10.5 Å². The van der Waals surface area contributed by atoms with E-state index in [9.17, 15) is 4.79 Å². The number of furan rings is 1. The fourth-order valence-electron chi connectivity index (χ4n) is 2.59. The number of nitrogens with zero attached hydrogens (tertiary/aromatic N) is 1. The number of carbonyl (C=O) groups excluding carboxylic acids is 1. The van der Waals surface area contributed by atoms with E-state index >= 15 is 0 Å². The Morgan fingerprint density at radius 3 is 2.70 bits per heavy atom. The fourth-order valence-corrected chi connectivity index (χ4v) is 2.59. The van der Waals surface area contributed by atoms with Crippen LogP contribution in [-0.2, 0) is 13.0 Å². The van der Waals surface area contributed by atoms with Gasteiger partial charge in [-0.2, -0.15) is 0 Å². The molecular formula is C19H20N2O2. The van der Waals surface area contributed by atoms with Crippen molar-refractivity contribution >= 4 is 5.91 Å². The number of hydrogen-bond acceptors (Lipinski definition) is 2. The van der Waals surface area contributed by atoms with Gasteiger partial charge in [-0.1, -0.05) is 30.3 Å². The number of hydrogen-bond donors (Lipinski definition) is 1. The second-order valence-corrected chi connectivity index (χ2v) is 5.53. The summed E-state index contributed by atoms with van der Waals surface area (Å²) in [5, 5.41) is 2.97. The van der Waals surface area contributed by atoms with Crippen LogP contribution < -0.4 is 5.32 Å². The van der Waals surface area contributed by atoms with E-state index in [2.05, 4.69) is 17.4 Å². The molecule has 0 aliphatic rings. The highest BCUT2D eigenvalue weighted by Gasteiger charge is 2.16.